The van der Waals surface area contributed by atoms with Gasteiger partial charge in [-0.05, 0) is 112 Å². The van der Waals surface area contributed by atoms with Crippen LogP contribution < -0.4 is 0 Å². The number of hydrogen-bond acceptors (Lipinski definition) is 17. The number of aliphatic hydroxyl groups excluding tert-OH is 8. The summed E-state index contributed by atoms with van der Waals surface area (Å²) in [7, 11) is 0. The van der Waals surface area contributed by atoms with Crippen LogP contribution in [0, 0.1) is 46.3 Å². The summed E-state index contributed by atoms with van der Waals surface area (Å²) in [5.74, 6) is 2.60. The summed E-state index contributed by atoms with van der Waals surface area (Å²) < 4.78 is 43.6. The van der Waals surface area contributed by atoms with Gasteiger partial charge >= 0.3 is 0 Å². The van der Waals surface area contributed by atoms with E-state index >= 15 is 0 Å². The lowest BCUT2D eigenvalue weighted by Crippen LogP contribution is -2.66. The van der Waals surface area contributed by atoms with Gasteiger partial charge in [0.2, 0.25) is 0 Å². The molecule has 3 saturated carbocycles. The molecule has 9 N–H and O–H groups in total. The first-order valence-electron chi connectivity index (χ1n) is 23.5. The highest BCUT2D eigenvalue weighted by atomic mass is 16.8. The zero-order valence-corrected chi connectivity index (χ0v) is 37.0. The Morgan fingerprint density at radius 1 is 0.710 bits per heavy atom. The number of rotatable bonds is 7. The van der Waals surface area contributed by atoms with E-state index in [2.05, 4.69) is 33.8 Å². The Morgan fingerprint density at radius 2 is 1.35 bits per heavy atom. The zero-order chi connectivity index (χ0) is 44.4. The second-order valence-corrected chi connectivity index (χ2v) is 21.4. The summed E-state index contributed by atoms with van der Waals surface area (Å²) in [5.41, 5.74) is 0.822. The molecule has 1 spiro atoms. The number of fused-ring (bicyclic) bond motifs is 7. The Balaban J connectivity index is 0.917. The molecule has 5 saturated heterocycles. The first-order chi connectivity index (χ1) is 29.3. The summed E-state index contributed by atoms with van der Waals surface area (Å²) >= 11 is 0. The van der Waals surface area contributed by atoms with Gasteiger partial charge in [0.15, 0.2) is 18.9 Å². The monoisotopic (exact) mass is 883 g/mol. The van der Waals surface area contributed by atoms with E-state index in [1.165, 1.54) is 24.5 Å². The second kappa shape index (κ2) is 17.0. The van der Waals surface area contributed by atoms with Gasteiger partial charge in [0, 0.05) is 12.5 Å². The maximum atomic E-state index is 12.0. The third kappa shape index (κ3) is 7.31. The van der Waals surface area contributed by atoms with Gasteiger partial charge in [0.25, 0.3) is 0 Å². The third-order valence-electron chi connectivity index (χ3n) is 18.0. The lowest BCUT2D eigenvalue weighted by molar-refractivity contribution is -0.388. The molecule has 17 heteroatoms. The number of hydroxylamine groups is 2. The summed E-state index contributed by atoms with van der Waals surface area (Å²) in [5, 5.41) is 98.7. The molecule has 5 aliphatic heterocycles. The maximum Gasteiger partial charge on any atom is 0.187 e. The van der Waals surface area contributed by atoms with E-state index in [9.17, 15) is 46.1 Å². The van der Waals surface area contributed by atoms with Crippen LogP contribution in [0.5, 0.6) is 0 Å². The lowest BCUT2D eigenvalue weighted by Gasteiger charge is -2.59. The maximum absolute atomic E-state index is 12.0. The van der Waals surface area contributed by atoms with Gasteiger partial charge in [-0.2, -0.15) is 5.06 Å². The van der Waals surface area contributed by atoms with Crippen LogP contribution >= 0.6 is 0 Å². The average molecular weight is 884 g/mol. The predicted octanol–water partition coefficient (Wildman–Crippen LogP) is 0.916. The molecule has 9 aliphatic rings. The molecule has 0 aromatic carbocycles. The van der Waals surface area contributed by atoms with Crippen molar-refractivity contribution in [1.82, 2.24) is 5.06 Å². The first kappa shape index (κ1) is 46.2. The van der Waals surface area contributed by atoms with Crippen LogP contribution in [0.15, 0.2) is 11.6 Å². The van der Waals surface area contributed by atoms with Crippen molar-refractivity contribution < 1.29 is 79.2 Å². The fourth-order valence-corrected chi connectivity index (χ4v) is 14.4. The molecule has 62 heavy (non-hydrogen) atoms. The van der Waals surface area contributed by atoms with Crippen molar-refractivity contribution in [2.24, 2.45) is 46.3 Å². The van der Waals surface area contributed by atoms with Gasteiger partial charge in [-0.3, -0.25) is 0 Å². The minimum atomic E-state index is -1.71. The minimum absolute atomic E-state index is 0.0460. The van der Waals surface area contributed by atoms with E-state index in [0.717, 1.165) is 44.9 Å². The Labute approximate surface area is 364 Å². The van der Waals surface area contributed by atoms with Gasteiger partial charge in [-0.1, -0.05) is 39.3 Å². The Hall–Kier alpha value is -0.940. The van der Waals surface area contributed by atoms with E-state index < -0.39 is 104 Å². The molecule has 0 aromatic heterocycles. The van der Waals surface area contributed by atoms with Crippen LogP contribution in [0.1, 0.15) is 99.3 Å². The summed E-state index contributed by atoms with van der Waals surface area (Å²) in [6.07, 6.45) is -11.1. The molecule has 5 heterocycles. The van der Waals surface area contributed by atoms with Gasteiger partial charge in [-0.15, -0.1) is 0 Å². The highest BCUT2D eigenvalue weighted by molar-refractivity contribution is 5.26. The average Bonchev–Trinajstić information content (AvgIpc) is 3.70. The first-order valence-corrected chi connectivity index (χ1v) is 23.5. The zero-order valence-electron chi connectivity index (χ0n) is 37.0. The molecule has 8 fully saturated rings. The van der Waals surface area contributed by atoms with E-state index in [4.69, 9.17) is 33.2 Å². The SMILES string of the molecule is C[C@@H]1CC[C@]2(O[C@H]3C[C@H]4[C@@H]5CC=C6C[C@@H](O[C@@H]7O[C@H](CO)[C@@H](O[C@@H]8O[C@@H](C)[C@H](O)[C@@H](O)[C@H]8O)[C@H](O)[C@H]7O[C@@H]7O[C@@H](C)[C@H](O)[C@@H](O)[C@H]7O)CC[C@]6(C)[C@H]5CC[C@]4(C)[C@H]3[C@@H]2C)N(O)C1. The van der Waals surface area contributed by atoms with Crippen molar-refractivity contribution in [3.8, 4) is 0 Å². The predicted molar refractivity (Wildman–Crippen MR) is 215 cm³/mol. The van der Waals surface area contributed by atoms with Gasteiger partial charge in [-0.25, -0.2) is 0 Å². The van der Waals surface area contributed by atoms with E-state index in [1.807, 2.05) is 0 Å². The number of ether oxygens (including phenoxy) is 7. The van der Waals surface area contributed by atoms with Crippen LogP contribution in [0.2, 0.25) is 0 Å². The Morgan fingerprint density at radius 3 is 1.98 bits per heavy atom. The molecule has 354 valence electrons. The van der Waals surface area contributed by atoms with Gasteiger partial charge < -0.3 is 79.2 Å². The molecule has 0 aromatic rings. The van der Waals surface area contributed by atoms with Crippen molar-refractivity contribution >= 4 is 0 Å². The van der Waals surface area contributed by atoms with Crippen LogP contribution in [0.4, 0.5) is 0 Å². The number of hydrogen-bond donors (Lipinski definition) is 9. The van der Waals surface area contributed by atoms with Crippen LogP contribution in [-0.2, 0) is 33.2 Å². The highest BCUT2D eigenvalue weighted by Gasteiger charge is 2.69. The van der Waals surface area contributed by atoms with Crippen LogP contribution in [0.25, 0.3) is 0 Å². The summed E-state index contributed by atoms with van der Waals surface area (Å²) in [4.78, 5) is 0. The molecule has 17 nitrogen and oxygen atoms in total. The van der Waals surface area contributed by atoms with Crippen molar-refractivity contribution in [1.29, 1.82) is 0 Å². The quantitative estimate of drug-likeness (QED) is 0.161. The fraction of sp³-hybridized carbons (Fsp3) is 0.956. The number of piperidine rings is 1. The molecule has 9 rings (SSSR count). The van der Waals surface area contributed by atoms with Crippen molar-refractivity contribution in [3.63, 3.8) is 0 Å². The lowest BCUT2D eigenvalue weighted by atomic mass is 9.47. The Bertz CT molecular complexity index is 1640. The van der Waals surface area contributed by atoms with Crippen molar-refractivity contribution in [2.45, 2.75) is 209 Å². The number of aliphatic hydroxyl groups is 8. The van der Waals surface area contributed by atoms with E-state index in [1.54, 1.807) is 0 Å². The van der Waals surface area contributed by atoms with Gasteiger partial charge in [0.05, 0.1) is 31.0 Å². The van der Waals surface area contributed by atoms with E-state index in [0.29, 0.717) is 49.0 Å². The highest BCUT2D eigenvalue weighted by Crippen LogP contribution is 2.71. The van der Waals surface area contributed by atoms with Crippen molar-refractivity contribution in [2.75, 3.05) is 13.2 Å². The summed E-state index contributed by atoms with van der Waals surface area (Å²) in [6.45, 7) is 12.4. The second-order valence-electron chi connectivity index (χ2n) is 21.4. The fourth-order valence-electron chi connectivity index (χ4n) is 14.4. The normalized spacial score (nSPS) is 58.0. The molecule has 0 bridgehead atoms. The number of nitrogens with zero attached hydrogens (tertiary/aromatic N) is 1. The summed E-state index contributed by atoms with van der Waals surface area (Å²) in [6, 6.07) is 0. The molecule has 0 unspecified atom stereocenters. The molecule has 4 aliphatic carbocycles. The van der Waals surface area contributed by atoms with Crippen LogP contribution in [0.3, 0.4) is 0 Å². The van der Waals surface area contributed by atoms with Crippen molar-refractivity contribution in [3.05, 3.63) is 11.6 Å². The van der Waals surface area contributed by atoms with E-state index in [-0.39, 0.29) is 29.0 Å². The Kier molecular flexibility index (Phi) is 12.7. The standard InChI is InChI=1S/C45H73NO16/c1-19-9-14-45(46(55)17-19)20(2)30-28(62-45)16-27-25-8-7-23-15-24(10-12-43(23,5)26(25)11-13-44(27,30)6)58-42-39(61-41-36(53)34(51)32(49)22(4)57-41)37(54)38(29(18-47)59-42)60-40-35(52)33(50)31(48)21(3)56-40/h7,19-22,24-42,47-55H,8-18H2,1-6H3/t19-,20+,21+,22+,24+,25-,26+,27+,28+,29-,30+,31+,32+,33-,34-,35-,36-,37+,38-,39-,40+,41+,42-,43+,44+,45-/m1/s1. The largest absolute Gasteiger partial charge is 0.394 e. The smallest absolute Gasteiger partial charge is 0.187 e. The van der Waals surface area contributed by atoms with Gasteiger partial charge in [0.1, 0.15) is 66.8 Å². The third-order valence-corrected chi connectivity index (χ3v) is 18.0. The van der Waals surface area contributed by atoms with Crippen LogP contribution in [-0.4, -0.2) is 174 Å². The molecule has 26 atom stereocenters. The molecular formula is C45H73NO16. The molecule has 0 amide bonds. The molecule has 0 radical (unpaired) electrons. The topological polar surface area (TPSA) is 250 Å². The minimum Gasteiger partial charge on any atom is -0.394 e. The number of allylic oxidation sites excluding steroid dienone is 1. The molecular weight excluding hydrogens is 810 g/mol.